The fraction of sp³-hybridized carbons (Fsp3) is 0.0625. The Labute approximate surface area is 120 Å². The summed E-state index contributed by atoms with van der Waals surface area (Å²) in [6.07, 6.45) is 4.12. The van der Waals surface area contributed by atoms with Crippen LogP contribution in [0.25, 0.3) is 23.2 Å². The topological polar surface area (TPSA) is 17.8 Å². The maximum Gasteiger partial charge on any atom is 0.133 e. The van der Waals surface area contributed by atoms with Gasteiger partial charge in [0.2, 0.25) is 0 Å². The summed E-state index contributed by atoms with van der Waals surface area (Å²) >= 11 is 3.44. The molecule has 0 atom stereocenters. The highest BCUT2D eigenvalue weighted by molar-refractivity contribution is 9.10. The number of fused-ring (bicyclic) bond motifs is 1. The van der Waals surface area contributed by atoms with Gasteiger partial charge in [0.1, 0.15) is 5.82 Å². The molecule has 0 aliphatic heterocycles. The van der Waals surface area contributed by atoms with E-state index in [0.717, 1.165) is 26.9 Å². The van der Waals surface area contributed by atoms with Crippen LogP contribution >= 0.6 is 15.9 Å². The second kappa shape index (κ2) is 5.02. The van der Waals surface area contributed by atoms with E-state index in [1.165, 1.54) is 0 Å². The second-order valence-electron chi connectivity index (χ2n) is 4.40. The first-order valence-corrected chi connectivity index (χ1v) is 6.88. The number of imidazole rings is 1. The molecule has 2 aromatic carbocycles. The molecule has 0 fully saturated rings. The Morgan fingerprint density at radius 2 is 1.74 bits per heavy atom. The molecule has 1 aromatic heterocycles. The number of hydrogen-bond donors (Lipinski definition) is 0. The van der Waals surface area contributed by atoms with E-state index in [1.54, 1.807) is 0 Å². The average Bonchev–Trinajstić information content (AvgIpc) is 2.76. The van der Waals surface area contributed by atoms with Crippen molar-refractivity contribution in [3.05, 3.63) is 64.4 Å². The molecular weight excluding hydrogens is 300 g/mol. The van der Waals surface area contributed by atoms with Crippen LogP contribution in [0.15, 0.2) is 53.0 Å². The molecule has 0 unspecified atom stereocenters. The van der Waals surface area contributed by atoms with Crippen molar-refractivity contribution in [2.24, 2.45) is 7.05 Å². The van der Waals surface area contributed by atoms with Crippen molar-refractivity contribution in [2.75, 3.05) is 0 Å². The van der Waals surface area contributed by atoms with Crippen LogP contribution in [0.4, 0.5) is 0 Å². The summed E-state index contributed by atoms with van der Waals surface area (Å²) in [5.74, 6) is 0.962. The molecule has 0 spiro atoms. The van der Waals surface area contributed by atoms with E-state index in [4.69, 9.17) is 0 Å². The molecule has 0 amide bonds. The van der Waals surface area contributed by atoms with Crippen molar-refractivity contribution in [3.8, 4) is 0 Å². The van der Waals surface area contributed by atoms with Gasteiger partial charge in [-0.3, -0.25) is 0 Å². The Hall–Kier alpha value is -1.87. The number of hydrogen-bond acceptors (Lipinski definition) is 1. The van der Waals surface area contributed by atoms with Gasteiger partial charge in [-0.15, -0.1) is 0 Å². The normalized spacial score (nSPS) is 11.5. The number of para-hydroxylation sites is 2. The van der Waals surface area contributed by atoms with Gasteiger partial charge in [-0.1, -0.05) is 46.3 Å². The Morgan fingerprint density at radius 3 is 2.47 bits per heavy atom. The summed E-state index contributed by atoms with van der Waals surface area (Å²) in [5, 5.41) is 0. The van der Waals surface area contributed by atoms with Gasteiger partial charge in [-0.05, 0) is 35.9 Å². The van der Waals surface area contributed by atoms with Crippen molar-refractivity contribution in [3.63, 3.8) is 0 Å². The van der Waals surface area contributed by atoms with Crippen LogP contribution in [0, 0.1) is 0 Å². The minimum atomic E-state index is 0.962. The van der Waals surface area contributed by atoms with Crippen molar-refractivity contribution in [1.82, 2.24) is 9.55 Å². The number of aromatic nitrogens is 2. The number of halogens is 1. The monoisotopic (exact) mass is 312 g/mol. The Balaban J connectivity index is 1.97. The first-order chi connectivity index (χ1) is 9.24. The molecule has 19 heavy (non-hydrogen) atoms. The van der Waals surface area contributed by atoms with Gasteiger partial charge in [-0.25, -0.2) is 4.98 Å². The molecule has 3 heteroatoms. The van der Waals surface area contributed by atoms with Crippen LogP contribution in [0.1, 0.15) is 11.4 Å². The van der Waals surface area contributed by atoms with E-state index in [2.05, 4.69) is 49.8 Å². The third-order valence-corrected chi connectivity index (χ3v) is 3.65. The zero-order chi connectivity index (χ0) is 13.2. The molecule has 0 radical (unpaired) electrons. The highest BCUT2D eigenvalue weighted by Crippen LogP contribution is 2.17. The molecule has 94 valence electrons. The van der Waals surface area contributed by atoms with E-state index >= 15 is 0 Å². The molecule has 0 saturated carbocycles. The number of rotatable bonds is 2. The maximum absolute atomic E-state index is 4.61. The highest BCUT2D eigenvalue weighted by Gasteiger charge is 2.03. The van der Waals surface area contributed by atoms with Crippen molar-refractivity contribution in [1.29, 1.82) is 0 Å². The van der Waals surface area contributed by atoms with Gasteiger partial charge in [0.15, 0.2) is 0 Å². The Kier molecular flexibility index (Phi) is 3.22. The molecule has 0 N–H and O–H groups in total. The molecule has 3 aromatic rings. The van der Waals surface area contributed by atoms with Crippen LogP contribution in [0.3, 0.4) is 0 Å². The summed E-state index contributed by atoms with van der Waals surface area (Å²) in [6, 6.07) is 16.4. The first-order valence-electron chi connectivity index (χ1n) is 6.09. The molecule has 0 aliphatic carbocycles. The van der Waals surface area contributed by atoms with Crippen LogP contribution in [-0.2, 0) is 7.05 Å². The molecule has 1 heterocycles. The lowest BCUT2D eigenvalue weighted by atomic mass is 10.2. The number of aryl methyl sites for hydroxylation is 1. The van der Waals surface area contributed by atoms with Gasteiger partial charge < -0.3 is 4.57 Å². The second-order valence-corrected chi connectivity index (χ2v) is 5.32. The van der Waals surface area contributed by atoms with Crippen molar-refractivity contribution in [2.45, 2.75) is 0 Å². The quantitative estimate of drug-likeness (QED) is 0.681. The van der Waals surface area contributed by atoms with Crippen LogP contribution in [0.5, 0.6) is 0 Å². The maximum atomic E-state index is 4.61. The number of nitrogens with zero attached hydrogens (tertiary/aromatic N) is 2. The summed E-state index contributed by atoms with van der Waals surface area (Å²) in [6.45, 7) is 0. The largest absolute Gasteiger partial charge is 0.328 e. The van der Waals surface area contributed by atoms with Gasteiger partial charge in [-0.2, -0.15) is 0 Å². The van der Waals surface area contributed by atoms with E-state index in [-0.39, 0.29) is 0 Å². The minimum Gasteiger partial charge on any atom is -0.328 e. The Morgan fingerprint density at radius 1 is 1.00 bits per heavy atom. The summed E-state index contributed by atoms with van der Waals surface area (Å²) in [7, 11) is 2.04. The molecule has 0 bridgehead atoms. The fourth-order valence-electron chi connectivity index (χ4n) is 2.06. The predicted molar refractivity (Wildman–Crippen MR) is 83.8 cm³/mol. The fourth-order valence-corrected chi connectivity index (χ4v) is 2.32. The minimum absolute atomic E-state index is 0.962. The first kappa shape index (κ1) is 12.2. The molecule has 2 nitrogen and oxygen atoms in total. The lowest BCUT2D eigenvalue weighted by Gasteiger charge is -1.97. The molecule has 3 rings (SSSR count). The Bertz CT molecular complexity index is 739. The van der Waals surface area contributed by atoms with E-state index in [0.29, 0.717) is 0 Å². The zero-order valence-electron chi connectivity index (χ0n) is 10.5. The summed E-state index contributed by atoms with van der Waals surface area (Å²) < 4.78 is 3.19. The van der Waals surface area contributed by atoms with Crippen LogP contribution in [0.2, 0.25) is 0 Å². The smallest absolute Gasteiger partial charge is 0.133 e. The zero-order valence-corrected chi connectivity index (χ0v) is 12.1. The molecule has 0 saturated heterocycles. The van der Waals surface area contributed by atoms with Crippen molar-refractivity contribution >= 4 is 39.1 Å². The van der Waals surface area contributed by atoms with Crippen molar-refractivity contribution < 1.29 is 0 Å². The van der Waals surface area contributed by atoms with Gasteiger partial charge in [0, 0.05) is 11.5 Å². The molecule has 0 aliphatic rings. The summed E-state index contributed by atoms with van der Waals surface area (Å²) in [4.78, 5) is 4.61. The van der Waals surface area contributed by atoms with E-state index in [1.807, 2.05) is 43.5 Å². The van der Waals surface area contributed by atoms with Gasteiger partial charge in [0.25, 0.3) is 0 Å². The van der Waals surface area contributed by atoms with Gasteiger partial charge >= 0.3 is 0 Å². The third kappa shape index (κ3) is 2.47. The predicted octanol–water partition coefficient (Wildman–Crippen LogP) is 4.51. The van der Waals surface area contributed by atoms with E-state index < -0.39 is 0 Å². The van der Waals surface area contributed by atoms with Gasteiger partial charge in [0.05, 0.1) is 11.0 Å². The lowest BCUT2D eigenvalue weighted by molar-refractivity contribution is 0.930. The SMILES string of the molecule is Cn1c(/C=C/c2ccc(Br)cc2)nc2ccccc21. The van der Waals surface area contributed by atoms with Crippen LogP contribution in [-0.4, -0.2) is 9.55 Å². The standard InChI is InChI=1S/C16H13BrN2/c1-19-15-5-3-2-4-14(15)18-16(19)11-8-12-6-9-13(17)10-7-12/h2-11H,1H3/b11-8+. The molecular formula is C16H13BrN2. The van der Waals surface area contributed by atoms with Crippen LogP contribution < -0.4 is 0 Å². The number of benzene rings is 2. The van der Waals surface area contributed by atoms with E-state index in [9.17, 15) is 0 Å². The highest BCUT2D eigenvalue weighted by atomic mass is 79.9. The lowest BCUT2D eigenvalue weighted by Crippen LogP contribution is -1.90. The average molecular weight is 313 g/mol. The third-order valence-electron chi connectivity index (χ3n) is 3.12. The summed E-state index contributed by atoms with van der Waals surface area (Å²) in [5.41, 5.74) is 3.34.